The maximum Gasteiger partial charge on any atom is 0.191 e. The van der Waals surface area contributed by atoms with Crippen molar-refractivity contribution in [3.05, 3.63) is 35.4 Å². The highest BCUT2D eigenvalue weighted by Crippen LogP contribution is 2.24. The first kappa shape index (κ1) is 17.8. The van der Waals surface area contributed by atoms with Crippen LogP contribution in [0.2, 0.25) is 0 Å². The van der Waals surface area contributed by atoms with Gasteiger partial charge in [0.25, 0.3) is 0 Å². The first-order valence-corrected chi connectivity index (χ1v) is 8.85. The quantitative estimate of drug-likeness (QED) is 0.626. The van der Waals surface area contributed by atoms with Gasteiger partial charge < -0.3 is 10.6 Å². The zero-order valence-electron chi connectivity index (χ0n) is 15.1. The summed E-state index contributed by atoms with van der Waals surface area (Å²) in [6.45, 7) is 10.8. The molecule has 1 heterocycles. The second-order valence-corrected chi connectivity index (χ2v) is 6.90. The Balaban J connectivity index is 2.01. The molecule has 1 aromatic carbocycles. The summed E-state index contributed by atoms with van der Waals surface area (Å²) in [5, 5.41) is 6.91. The molecule has 0 amide bonds. The minimum Gasteiger partial charge on any atom is -0.356 e. The number of benzene rings is 1. The summed E-state index contributed by atoms with van der Waals surface area (Å²) in [6.07, 6.45) is 2.62. The molecule has 1 aromatic rings. The van der Waals surface area contributed by atoms with Crippen LogP contribution < -0.4 is 10.6 Å². The third-order valence-corrected chi connectivity index (χ3v) is 4.41. The van der Waals surface area contributed by atoms with Crippen molar-refractivity contribution in [1.29, 1.82) is 0 Å². The van der Waals surface area contributed by atoms with Gasteiger partial charge >= 0.3 is 0 Å². The molecule has 0 radical (unpaired) electrons. The minimum absolute atomic E-state index is 0.413. The molecular formula is C19H32N4. The summed E-state index contributed by atoms with van der Waals surface area (Å²) in [4.78, 5) is 6.93. The molecule has 4 heteroatoms. The van der Waals surface area contributed by atoms with Gasteiger partial charge in [-0.1, -0.05) is 43.7 Å². The van der Waals surface area contributed by atoms with Crippen LogP contribution in [0.15, 0.2) is 29.3 Å². The molecule has 2 N–H and O–H groups in total. The summed E-state index contributed by atoms with van der Waals surface area (Å²) in [6, 6.07) is 9.37. The summed E-state index contributed by atoms with van der Waals surface area (Å²) in [5.41, 5.74) is 2.71. The molecule has 4 nitrogen and oxygen atoms in total. The van der Waals surface area contributed by atoms with Crippen LogP contribution in [0.5, 0.6) is 0 Å². The van der Waals surface area contributed by atoms with Crippen LogP contribution >= 0.6 is 0 Å². The number of likely N-dealkylation sites (tertiary alicyclic amines) is 1. The summed E-state index contributed by atoms with van der Waals surface area (Å²) in [5.74, 6) is 1.51. The molecule has 0 aliphatic carbocycles. The fourth-order valence-corrected chi connectivity index (χ4v) is 3.01. The number of rotatable bonds is 6. The third kappa shape index (κ3) is 5.54. The Bertz CT molecular complexity index is 487. The van der Waals surface area contributed by atoms with E-state index in [9.17, 15) is 0 Å². The number of nitrogens with one attached hydrogen (secondary N) is 2. The molecule has 23 heavy (non-hydrogen) atoms. The molecule has 0 saturated carbocycles. The second-order valence-electron chi connectivity index (χ2n) is 6.90. The predicted octanol–water partition coefficient (Wildman–Crippen LogP) is 2.95. The van der Waals surface area contributed by atoms with Gasteiger partial charge in [-0.3, -0.25) is 9.89 Å². The molecule has 1 aliphatic heterocycles. The van der Waals surface area contributed by atoms with Crippen LogP contribution in [0, 0.1) is 12.8 Å². The van der Waals surface area contributed by atoms with E-state index in [1.807, 2.05) is 7.05 Å². The van der Waals surface area contributed by atoms with Crippen LogP contribution in [0.3, 0.4) is 0 Å². The van der Waals surface area contributed by atoms with Gasteiger partial charge in [-0.25, -0.2) is 0 Å². The van der Waals surface area contributed by atoms with Gasteiger partial charge in [-0.2, -0.15) is 0 Å². The lowest BCUT2D eigenvalue weighted by Gasteiger charge is -2.29. The van der Waals surface area contributed by atoms with Crippen molar-refractivity contribution in [1.82, 2.24) is 15.5 Å². The Labute approximate surface area is 141 Å². The Kier molecular flexibility index (Phi) is 6.90. The van der Waals surface area contributed by atoms with E-state index in [4.69, 9.17) is 0 Å². The van der Waals surface area contributed by atoms with E-state index in [1.165, 1.54) is 37.1 Å². The van der Waals surface area contributed by atoms with Crippen LogP contribution in [-0.2, 0) is 0 Å². The number of guanidine groups is 1. The van der Waals surface area contributed by atoms with Gasteiger partial charge in [0.2, 0.25) is 0 Å². The highest BCUT2D eigenvalue weighted by molar-refractivity contribution is 5.79. The topological polar surface area (TPSA) is 39.7 Å². The molecule has 2 rings (SSSR count). The third-order valence-electron chi connectivity index (χ3n) is 4.41. The molecule has 128 valence electrons. The minimum atomic E-state index is 0.413. The van der Waals surface area contributed by atoms with Gasteiger partial charge in [-0.05, 0) is 44.3 Å². The molecule has 0 spiro atoms. The fourth-order valence-electron chi connectivity index (χ4n) is 3.01. The van der Waals surface area contributed by atoms with E-state index in [1.54, 1.807) is 0 Å². The van der Waals surface area contributed by atoms with Crippen molar-refractivity contribution in [2.45, 2.75) is 39.7 Å². The van der Waals surface area contributed by atoms with Crippen molar-refractivity contribution < 1.29 is 0 Å². The smallest absolute Gasteiger partial charge is 0.191 e. The van der Waals surface area contributed by atoms with Crippen LogP contribution in [0.25, 0.3) is 0 Å². The Morgan fingerprint density at radius 1 is 1.09 bits per heavy atom. The van der Waals surface area contributed by atoms with Gasteiger partial charge in [0.1, 0.15) is 0 Å². The Hall–Kier alpha value is -1.55. The summed E-state index contributed by atoms with van der Waals surface area (Å²) < 4.78 is 0. The van der Waals surface area contributed by atoms with Crippen LogP contribution in [0.4, 0.5) is 0 Å². The Morgan fingerprint density at radius 2 is 1.70 bits per heavy atom. The van der Waals surface area contributed by atoms with Crippen molar-refractivity contribution in [2.24, 2.45) is 10.9 Å². The largest absolute Gasteiger partial charge is 0.356 e. The van der Waals surface area contributed by atoms with Gasteiger partial charge in [-0.15, -0.1) is 0 Å². The Morgan fingerprint density at radius 3 is 2.26 bits per heavy atom. The van der Waals surface area contributed by atoms with Gasteiger partial charge in [0.05, 0.1) is 6.04 Å². The molecule has 0 aromatic heterocycles. The first-order valence-electron chi connectivity index (χ1n) is 8.85. The maximum absolute atomic E-state index is 4.34. The average Bonchev–Trinajstić information content (AvgIpc) is 3.06. The molecule has 0 bridgehead atoms. The highest BCUT2D eigenvalue weighted by atomic mass is 15.2. The van der Waals surface area contributed by atoms with Crippen molar-refractivity contribution in [2.75, 3.05) is 33.2 Å². The molecule has 1 saturated heterocycles. The number of nitrogens with zero attached hydrogens (tertiary/aromatic N) is 2. The van der Waals surface area contributed by atoms with E-state index in [0.717, 1.165) is 19.0 Å². The van der Waals surface area contributed by atoms with E-state index in [2.05, 4.69) is 65.6 Å². The number of hydrogen-bond donors (Lipinski definition) is 2. The summed E-state index contributed by atoms with van der Waals surface area (Å²) >= 11 is 0. The molecule has 1 aliphatic rings. The fraction of sp³-hybridized carbons (Fsp3) is 0.632. The molecule has 1 unspecified atom stereocenters. The van der Waals surface area contributed by atoms with E-state index < -0.39 is 0 Å². The average molecular weight is 316 g/mol. The zero-order valence-corrected chi connectivity index (χ0v) is 15.1. The van der Waals surface area contributed by atoms with Crippen LogP contribution in [0.1, 0.15) is 43.9 Å². The van der Waals surface area contributed by atoms with E-state index in [-0.39, 0.29) is 0 Å². The van der Waals surface area contributed by atoms with Gasteiger partial charge in [0, 0.05) is 20.1 Å². The van der Waals surface area contributed by atoms with Crippen LogP contribution in [-0.4, -0.2) is 44.1 Å². The maximum atomic E-state index is 4.34. The molecular weight excluding hydrogens is 284 g/mol. The monoisotopic (exact) mass is 316 g/mol. The lowest BCUT2D eigenvalue weighted by molar-refractivity contribution is 0.245. The summed E-state index contributed by atoms with van der Waals surface area (Å²) in [7, 11) is 1.84. The lowest BCUT2D eigenvalue weighted by atomic mass is 10.0. The number of aliphatic imine (C=N–C) groups is 1. The second kappa shape index (κ2) is 8.92. The van der Waals surface area contributed by atoms with Crippen molar-refractivity contribution in [3.8, 4) is 0 Å². The highest BCUT2D eigenvalue weighted by Gasteiger charge is 2.23. The zero-order chi connectivity index (χ0) is 16.7. The van der Waals surface area contributed by atoms with E-state index in [0.29, 0.717) is 12.0 Å². The molecule has 1 fully saturated rings. The number of hydrogen-bond acceptors (Lipinski definition) is 2. The lowest BCUT2D eigenvalue weighted by Crippen LogP contribution is -2.43. The standard InChI is InChI=1S/C19H32N4/c1-15(2)13-21-19(20-4)22-14-18(23-11-5-6-12-23)17-9-7-16(3)8-10-17/h7-10,15,18H,5-6,11-14H2,1-4H3,(H2,20,21,22). The molecule has 1 atom stereocenters. The van der Waals surface area contributed by atoms with E-state index >= 15 is 0 Å². The number of aryl methyl sites for hydroxylation is 1. The SMILES string of the molecule is CN=C(NCC(C)C)NCC(c1ccc(C)cc1)N1CCCC1. The van der Waals surface area contributed by atoms with Gasteiger partial charge in [0.15, 0.2) is 5.96 Å². The van der Waals surface area contributed by atoms with Crippen molar-refractivity contribution in [3.63, 3.8) is 0 Å². The first-order chi connectivity index (χ1) is 11.1. The van der Waals surface area contributed by atoms with Crippen molar-refractivity contribution >= 4 is 5.96 Å². The predicted molar refractivity (Wildman–Crippen MR) is 98.9 cm³/mol. The normalized spacial score (nSPS) is 17.5.